The van der Waals surface area contributed by atoms with Crippen LogP contribution in [0, 0.1) is 11.8 Å². The molecule has 1 saturated carbocycles. The molecule has 0 bridgehead atoms. The van der Waals surface area contributed by atoms with Crippen molar-refractivity contribution in [2.45, 2.75) is 64.5 Å². The molecule has 1 unspecified atom stereocenters. The number of piperidine rings is 1. The third-order valence-electron chi connectivity index (χ3n) is 5.92. The van der Waals surface area contributed by atoms with Crippen LogP contribution >= 0.6 is 0 Å². The highest BCUT2D eigenvalue weighted by Crippen LogP contribution is 2.39. The lowest BCUT2D eigenvalue weighted by Gasteiger charge is -2.34. The zero-order chi connectivity index (χ0) is 21.1. The first kappa shape index (κ1) is 20.8. The van der Waals surface area contributed by atoms with Crippen LogP contribution in [-0.4, -0.2) is 40.7 Å². The van der Waals surface area contributed by atoms with Gasteiger partial charge >= 0.3 is 6.09 Å². The van der Waals surface area contributed by atoms with E-state index in [0.717, 1.165) is 43.7 Å². The normalized spacial score (nSPS) is 18.8. The van der Waals surface area contributed by atoms with E-state index in [9.17, 15) is 4.79 Å². The molecule has 1 aliphatic heterocycles. The van der Waals surface area contributed by atoms with E-state index >= 15 is 0 Å². The van der Waals surface area contributed by atoms with E-state index in [1.807, 2.05) is 56.0 Å². The fourth-order valence-corrected chi connectivity index (χ4v) is 4.14. The second-order valence-electron chi connectivity index (χ2n) is 9.63. The van der Waals surface area contributed by atoms with Gasteiger partial charge in [-0.2, -0.15) is 0 Å². The van der Waals surface area contributed by atoms with Crippen LogP contribution in [0.2, 0.25) is 0 Å². The topological polar surface area (TPSA) is 67.6 Å². The van der Waals surface area contributed by atoms with Crippen LogP contribution in [-0.2, 0) is 4.74 Å². The molecule has 6 heteroatoms. The second kappa shape index (κ2) is 8.70. The van der Waals surface area contributed by atoms with E-state index in [2.05, 4.69) is 10.3 Å². The van der Waals surface area contributed by atoms with Crippen molar-refractivity contribution in [2.75, 3.05) is 18.4 Å². The number of amides is 1. The van der Waals surface area contributed by atoms with E-state index in [4.69, 9.17) is 9.15 Å². The number of nitrogens with zero attached hydrogens (tertiary/aromatic N) is 2. The molecule has 1 saturated heterocycles. The maximum Gasteiger partial charge on any atom is 0.410 e. The number of rotatable bonds is 6. The zero-order valence-electron chi connectivity index (χ0n) is 18.3. The SMILES string of the molecule is CC(C)(C)OC(=O)N1CCC(CC(Nc2ncc(-c3ccccc3)o2)C2CC2)CC1. The Morgan fingerprint density at radius 2 is 1.90 bits per heavy atom. The Morgan fingerprint density at radius 1 is 1.20 bits per heavy atom. The summed E-state index contributed by atoms with van der Waals surface area (Å²) in [5.41, 5.74) is 0.597. The van der Waals surface area contributed by atoms with Crippen LogP contribution in [0.5, 0.6) is 0 Å². The minimum atomic E-state index is -0.441. The van der Waals surface area contributed by atoms with Gasteiger partial charge in [0.2, 0.25) is 0 Å². The number of anilines is 1. The summed E-state index contributed by atoms with van der Waals surface area (Å²) in [6, 6.07) is 11.0. The smallest absolute Gasteiger partial charge is 0.410 e. The number of hydrogen-bond acceptors (Lipinski definition) is 5. The number of carbonyl (C=O) groups excluding carboxylic acids is 1. The number of ether oxygens (including phenoxy) is 1. The molecule has 2 aliphatic rings. The average molecular weight is 412 g/mol. The van der Waals surface area contributed by atoms with Crippen molar-refractivity contribution in [3.63, 3.8) is 0 Å². The highest BCUT2D eigenvalue weighted by Gasteiger charge is 2.35. The summed E-state index contributed by atoms with van der Waals surface area (Å²) in [6.07, 6.45) is 7.26. The summed E-state index contributed by atoms with van der Waals surface area (Å²) in [5, 5.41) is 3.56. The number of aromatic nitrogens is 1. The van der Waals surface area contributed by atoms with E-state index in [-0.39, 0.29) is 6.09 Å². The number of nitrogens with one attached hydrogen (secondary N) is 1. The summed E-state index contributed by atoms with van der Waals surface area (Å²) in [6.45, 7) is 7.28. The summed E-state index contributed by atoms with van der Waals surface area (Å²) >= 11 is 0. The van der Waals surface area contributed by atoms with Gasteiger partial charge in [0.25, 0.3) is 6.01 Å². The zero-order valence-corrected chi connectivity index (χ0v) is 18.3. The highest BCUT2D eigenvalue weighted by atomic mass is 16.6. The first-order chi connectivity index (χ1) is 14.4. The molecule has 1 amide bonds. The van der Waals surface area contributed by atoms with Crippen molar-refractivity contribution in [3.05, 3.63) is 36.5 Å². The van der Waals surface area contributed by atoms with Crippen molar-refractivity contribution in [1.29, 1.82) is 0 Å². The van der Waals surface area contributed by atoms with Gasteiger partial charge in [0.15, 0.2) is 5.76 Å². The molecule has 1 N–H and O–H groups in total. The predicted molar refractivity (Wildman–Crippen MR) is 117 cm³/mol. The van der Waals surface area contributed by atoms with Gasteiger partial charge in [-0.3, -0.25) is 0 Å². The lowest BCUT2D eigenvalue weighted by Crippen LogP contribution is -2.42. The van der Waals surface area contributed by atoms with E-state index in [0.29, 0.717) is 23.9 Å². The third-order valence-corrected chi connectivity index (χ3v) is 5.92. The molecule has 2 fully saturated rings. The predicted octanol–water partition coefficient (Wildman–Crippen LogP) is 5.57. The van der Waals surface area contributed by atoms with Gasteiger partial charge in [-0.25, -0.2) is 9.78 Å². The Morgan fingerprint density at radius 3 is 2.53 bits per heavy atom. The number of benzene rings is 1. The van der Waals surface area contributed by atoms with Crippen LogP contribution in [0.25, 0.3) is 11.3 Å². The van der Waals surface area contributed by atoms with Crippen molar-refractivity contribution in [3.8, 4) is 11.3 Å². The van der Waals surface area contributed by atoms with E-state index < -0.39 is 5.60 Å². The summed E-state index contributed by atoms with van der Waals surface area (Å²) in [5.74, 6) is 2.09. The van der Waals surface area contributed by atoms with E-state index in [1.165, 1.54) is 12.8 Å². The molecule has 6 nitrogen and oxygen atoms in total. The molecule has 1 aromatic carbocycles. The van der Waals surface area contributed by atoms with Crippen LogP contribution in [0.4, 0.5) is 10.8 Å². The molecule has 0 radical (unpaired) electrons. The average Bonchev–Trinajstić information content (AvgIpc) is 3.46. The van der Waals surface area contributed by atoms with Gasteiger partial charge < -0.3 is 19.4 Å². The van der Waals surface area contributed by atoms with Crippen LogP contribution in [0.1, 0.15) is 52.9 Å². The lowest BCUT2D eigenvalue weighted by atomic mass is 9.89. The van der Waals surface area contributed by atoms with Crippen LogP contribution in [0.15, 0.2) is 40.9 Å². The molecule has 1 aromatic heterocycles. The quantitative estimate of drug-likeness (QED) is 0.673. The summed E-state index contributed by atoms with van der Waals surface area (Å²) in [4.78, 5) is 18.6. The minimum Gasteiger partial charge on any atom is -0.444 e. The molecule has 2 aromatic rings. The molecule has 2 heterocycles. The molecule has 4 rings (SSSR count). The maximum absolute atomic E-state index is 12.3. The number of hydrogen-bond donors (Lipinski definition) is 1. The Hall–Kier alpha value is -2.50. The van der Waals surface area contributed by atoms with Gasteiger partial charge in [-0.1, -0.05) is 30.3 Å². The molecule has 30 heavy (non-hydrogen) atoms. The van der Waals surface area contributed by atoms with Gasteiger partial charge in [0.1, 0.15) is 5.60 Å². The molecule has 162 valence electrons. The second-order valence-corrected chi connectivity index (χ2v) is 9.63. The Balaban J connectivity index is 1.30. The largest absolute Gasteiger partial charge is 0.444 e. The number of carbonyl (C=O) groups is 1. The van der Waals surface area contributed by atoms with Gasteiger partial charge in [-0.05, 0) is 64.7 Å². The highest BCUT2D eigenvalue weighted by molar-refractivity contribution is 5.68. The van der Waals surface area contributed by atoms with Crippen LogP contribution in [0.3, 0.4) is 0 Å². The van der Waals surface area contributed by atoms with Crippen molar-refractivity contribution < 1.29 is 13.9 Å². The Bertz CT molecular complexity index is 831. The molecule has 1 atom stereocenters. The van der Waals surface area contributed by atoms with Gasteiger partial charge in [0, 0.05) is 24.7 Å². The molecular formula is C24H33N3O3. The fourth-order valence-electron chi connectivity index (χ4n) is 4.14. The first-order valence-electron chi connectivity index (χ1n) is 11.1. The fraction of sp³-hybridized carbons (Fsp3) is 0.583. The lowest BCUT2D eigenvalue weighted by molar-refractivity contribution is 0.0179. The summed E-state index contributed by atoms with van der Waals surface area (Å²) < 4.78 is 11.5. The van der Waals surface area contributed by atoms with Crippen molar-refractivity contribution in [1.82, 2.24) is 9.88 Å². The third kappa shape index (κ3) is 5.55. The number of likely N-dealkylation sites (tertiary alicyclic amines) is 1. The van der Waals surface area contributed by atoms with Gasteiger partial charge in [0.05, 0.1) is 6.20 Å². The maximum atomic E-state index is 12.3. The Labute approximate surface area is 179 Å². The summed E-state index contributed by atoms with van der Waals surface area (Å²) in [7, 11) is 0. The molecular weight excluding hydrogens is 378 g/mol. The molecule has 1 aliphatic carbocycles. The van der Waals surface area contributed by atoms with Crippen LogP contribution < -0.4 is 5.32 Å². The molecule has 0 spiro atoms. The Kier molecular flexibility index (Phi) is 6.02. The standard InChI is InChI=1S/C24H33N3O3/c1-24(2,3)30-23(28)27-13-11-17(12-14-27)15-20(18-9-10-18)26-22-25-16-21(29-22)19-7-5-4-6-8-19/h4-8,16-18,20H,9-15H2,1-3H3,(H,25,26). The monoisotopic (exact) mass is 411 g/mol. The first-order valence-corrected chi connectivity index (χ1v) is 11.1. The number of oxazole rings is 1. The van der Waals surface area contributed by atoms with Crippen molar-refractivity contribution >= 4 is 12.1 Å². The van der Waals surface area contributed by atoms with Gasteiger partial charge in [-0.15, -0.1) is 0 Å². The van der Waals surface area contributed by atoms with Crippen molar-refractivity contribution in [2.24, 2.45) is 11.8 Å². The minimum absolute atomic E-state index is 0.189. The van der Waals surface area contributed by atoms with E-state index in [1.54, 1.807) is 6.20 Å².